The molecule has 0 amide bonds. The predicted molar refractivity (Wildman–Crippen MR) is 412 cm³/mol. The summed E-state index contributed by atoms with van der Waals surface area (Å²) in [5.74, 6) is -2.28. The molecule has 0 rings (SSSR count). The lowest BCUT2D eigenvalue weighted by Crippen LogP contribution is -2.44. The van der Waals surface area contributed by atoms with Crippen molar-refractivity contribution in [1.82, 2.24) is 0 Å². The molecule has 0 aromatic heterocycles. The van der Waals surface area contributed by atoms with E-state index in [1.54, 1.807) is 0 Å². The van der Waals surface area contributed by atoms with Crippen LogP contribution in [0.3, 0.4) is 0 Å². The number of hydrogen-bond acceptors (Lipinski definition) is 8. The van der Waals surface area contributed by atoms with Crippen molar-refractivity contribution in [3.63, 3.8) is 0 Å². The average Bonchev–Trinajstić information content (AvgIpc) is 2.40. The largest absolute Gasteiger partial charge is 0.545 e. The molecule has 2 unspecified atom stereocenters. The number of carbonyl (C=O) groups excluding carboxylic acids is 3. The molecule has 0 aliphatic rings. The van der Waals surface area contributed by atoms with Crippen molar-refractivity contribution in [2.24, 2.45) is 0 Å². The molecule has 0 spiro atoms. The highest BCUT2D eigenvalue weighted by Crippen LogP contribution is 2.19. The second-order valence-corrected chi connectivity index (χ2v) is 28.0. The van der Waals surface area contributed by atoms with E-state index >= 15 is 0 Å². The second-order valence-electron chi connectivity index (χ2n) is 28.0. The maximum Gasteiger partial charge on any atom is 0.306 e. The molecule has 0 aromatic carbocycles. The average molecular weight is 1340 g/mol. The van der Waals surface area contributed by atoms with Crippen molar-refractivity contribution in [2.45, 2.75) is 367 Å². The molecule has 0 aliphatic carbocycles. The monoisotopic (exact) mass is 1340 g/mol. The van der Waals surface area contributed by atoms with E-state index in [9.17, 15) is 19.5 Å². The van der Waals surface area contributed by atoms with Crippen LogP contribution in [0, 0.1) is 0 Å². The van der Waals surface area contributed by atoms with Crippen LogP contribution < -0.4 is 5.11 Å². The third-order valence-electron chi connectivity index (χ3n) is 17.5. The number of nitrogens with zero attached hydrogens (tertiary/aromatic N) is 1. The number of aliphatic carboxylic acids is 1. The van der Waals surface area contributed by atoms with E-state index in [0.29, 0.717) is 17.4 Å². The Morgan fingerprint density at radius 3 is 0.885 bits per heavy atom. The molecular formula is C87H151NO8. The maximum absolute atomic E-state index is 13.0. The smallest absolute Gasteiger partial charge is 0.306 e. The van der Waals surface area contributed by atoms with Gasteiger partial charge in [0.1, 0.15) is 13.2 Å². The summed E-state index contributed by atoms with van der Waals surface area (Å²) in [6.07, 6.45) is 106. The van der Waals surface area contributed by atoms with Gasteiger partial charge in [-0.25, -0.2) is 0 Å². The summed E-state index contributed by atoms with van der Waals surface area (Å²) in [7, 11) is 5.93. The van der Waals surface area contributed by atoms with E-state index in [4.69, 9.17) is 18.9 Å². The Morgan fingerprint density at radius 1 is 0.323 bits per heavy atom. The number of carboxylic acid groups (broad SMARTS) is 1. The van der Waals surface area contributed by atoms with Crippen molar-refractivity contribution in [1.29, 1.82) is 0 Å². The Morgan fingerprint density at radius 2 is 0.594 bits per heavy atom. The van der Waals surface area contributed by atoms with E-state index in [-0.39, 0.29) is 38.6 Å². The number of esters is 2. The van der Waals surface area contributed by atoms with Crippen LogP contribution >= 0.6 is 0 Å². The van der Waals surface area contributed by atoms with Gasteiger partial charge < -0.3 is 33.3 Å². The molecule has 0 saturated heterocycles. The Bertz CT molecular complexity index is 2000. The Kier molecular flexibility index (Phi) is 73.0. The molecule has 0 aliphatic heterocycles. The van der Waals surface area contributed by atoms with Gasteiger partial charge in [0.2, 0.25) is 0 Å². The standard InChI is InChI=1S/C87H151NO8/c1-6-8-10-12-14-16-18-20-22-24-26-28-30-32-34-36-38-40-41-42-43-44-45-46-48-50-52-54-56-58-60-62-64-66-68-70-72-74-76-78-85(90)96-83(82-95-87(86(91)92)93-80-79-88(3,4)5)81-94-84(89)77-75-73-71-69-67-65-63-61-59-57-55-53-51-49-47-39-37-35-33-31-29-27-25-23-21-19-17-15-13-11-9-7-2/h8,10,14,16,20,22,26,28,32,34,38,40,42-43,45-46,50,52,56,58,83,87H,6-7,9,11-13,15,17-19,21,23-25,27,29-31,33,35-37,39,41,44,47-49,51,53-55,57,59-82H2,1-5H3/b10-8-,16-14-,22-20-,28-26-,34-32-,40-38-,43-42-,46-45-,52-50-,58-56-. The third-order valence-corrected chi connectivity index (χ3v) is 17.5. The van der Waals surface area contributed by atoms with Crippen LogP contribution in [-0.4, -0.2) is 82.3 Å². The molecule has 0 fully saturated rings. The number of likely N-dealkylation sites (N-methyl/N-ethyl adjacent to an activating group) is 1. The number of rotatable bonds is 74. The van der Waals surface area contributed by atoms with E-state index in [1.807, 2.05) is 21.1 Å². The highest BCUT2D eigenvalue weighted by atomic mass is 16.7. The minimum Gasteiger partial charge on any atom is -0.545 e. The van der Waals surface area contributed by atoms with Gasteiger partial charge in [0, 0.05) is 12.8 Å². The van der Waals surface area contributed by atoms with Crippen LogP contribution in [0.15, 0.2) is 122 Å². The zero-order chi connectivity index (χ0) is 69.7. The van der Waals surface area contributed by atoms with Gasteiger partial charge in [-0.2, -0.15) is 0 Å². The fraction of sp³-hybridized carbons (Fsp3) is 0.736. The Hall–Kier alpha value is -4.31. The summed E-state index contributed by atoms with van der Waals surface area (Å²) in [6.45, 7) is 4.66. The molecule has 0 aromatic rings. The first kappa shape index (κ1) is 91.7. The van der Waals surface area contributed by atoms with Crippen LogP contribution in [0.2, 0.25) is 0 Å². The van der Waals surface area contributed by atoms with Gasteiger partial charge in [0.15, 0.2) is 12.4 Å². The number of hydrogen-bond donors (Lipinski definition) is 0. The van der Waals surface area contributed by atoms with Gasteiger partial charge in [0.25, 0.3) is 0 Å². The molecule has 0 bridgehead atoms. The second kappa shape index (κ2) is 76.4. The number of carbonyl (C=O) groups is 3. The van der Waals surface area contributed by atoms with Gasteiger partial charge in [-0.1, -0.05) is 373 Å². The number of allylic oxidation sites excluding steroid dienone is 20. The van der Waals surface area contributed by atoms with Crippen molar-refractivity contribution in [2.75, 3.05) is 47.5 Å². The molecule has 9 heteroatoms. The van der Waals surface area contributed by atoms with Gasteiger partial charge in [-0.05, 0) is 89.9 Å². The fourth-order valence-corrected chi connectivity index (χ4v) is 11.4. The van der Waals surface area contributed by atoms with Crippen molar-refractivity contribution in [3.8, 4) is 0 Å². The zero-order valence-electron chi connectivity index (χ0n) is 63.2. The van der Waals surface area contributed by atoms with Crippen LogP contribution in [0.4, 0.5) is 0 Å². The van der Waals surface area contributed by atoms with Crippen LogP contribution in [-0.2, 0) is 33.3 Å². The molecular weight excluding hydrogens is 1190 g/mol. The van der Waals surface area contributed by atoms with E-state index in [0.717, 1.165) is 109 Å². The summed E-state index contributed by atoms with van der Waals surface area (Å²) in [5, 5.41) is 11.9. The molecule has 9 nitrogen and oxygen atoms in total. The van der Waals surface area contributed by atoms with Crippen LogP contribution in [0.1, 0.15) is 354 Å². The number of quaternary nitrogens is 1. The van der Waals surface area contributed by atoms with Gasteiger partial charge in [0.05, 0.1) is 40.3 Å². The number of carboxylic acids is 1. The van der Waals surface area contributed by atoms with Crippen molar-refractivity contribution in [3.05, 3.63) is 122 Å². The number of unbranched alkanes of at least 4 members (excludes halogenated alkanes) is 39. The lowest BCUT2D eigenvalue weighted by Gasteiger charge is -2.26. The summed E-state index contributed by atoms with van der Waals surface area (Å²) >= 11 is 0. The molecule has 0 N–H and O–H groups in total. The molecule has 2 atom stereocenters. The van der Waals surface area contributed by atoms with Crippen LogP contribution in [0.5, 0.6) is 0 Å². The summed E-state index contributed by atoms with van der Waals surface area (Å²) in [6, 6.07) is 0. The van der Waals surface area contributed by atoms with Gasteiger partial charge >= 0.3 is 11.9 Å². The predicted octanol–water partition coefficient (Wildman–Crippen LogP) is 24.5. The quantitative estimate of drug-likeness (QED) is 0.0195. The normalized spacial score (nSPS) is 13.3. The van der Waals surface area contributed by atoms with Crippen LogP contribution in [0.25, 0.3) is 0 Å². The molecule has 552 valence electrons. The molecule has 96 heavy (non-hydrogen) atoms. The SMILES string of the molecule is CC/C=C\C/C=C\C/C=C\C/C=C\C/C=C\C/C=C\C/C=C\C/C=C\C/C=C\C/C=C\CCCCCCCCCCC(=O)OC(COC(=O)CCCCCCCCCCCCCCCCCCCCCCCCCCCCCCCCCC)COC(OCC[N+](C)(C)C)C(=O)[O-]. The molecule has 0 heterocycles. The minimum atomic E-state index is -1.63. The van der Waals surface area contributed by atoms with Crippen molar-refractivity contribution >= 4 is 17.9 Å². The highest BCUT2D eigenvalue weighted by Gasteiger charge is 2.22. The number of ether oxygens (including phenoxy) is 4. The molecule has 0 saturated carbocycles. The Balaban J connectivity index is 4.09. The lowest BCUT2D eigenvalue weighted by molar-refractivity contribution is -0.870. The summed E-state index contributed by atoms with van der Waals surface area (Å²) in [4.78, 5) is 37.6. The van der Waals surface area contributed by atoms with Crippen molar-refractivity contribution < 1.29 is 42.9 Å². The third kappa shape index (κ3) is 77.0. The van der Waals surface area contributed by atoms with E-state index in [2.05, 4.69) is 135 Å². The topological polar surface area (TPSA) is 111 Å². The summed E-state index contributed by atoms with van der Waals surface area (Å²) in [5.41, 5.74) is 0. The zero-order valence-corrected chi connectivity index (χ0v) is 63.2. The van der Waals surface area contributed by atoms with E-state index < -0.39 is 24.3 Å². The lowest BCUT2D eigenvalue weighted by atomic mass is 10.0. The first-order valence-electron chi connectivity index (χ1n) is 40.2. The first-order valence-corrected chi connectivity index (χ1v) is 40.2. The fourth-order valence-electron chi connectivity index (χ4n) is 11.4. The van der Waals surface area contributed by atoms with E-state index in [1.165, 1.54) is 212 Å². The van der Waals surface area contributed by atoms with Gasteiger partial charge in [-0.15, -0.1) is 0 Å². The minimum absolute atomic E-state index is 0.142. The highest BCUT2D eigenvalue weighted by molar-refractivity contribution is 5.70. The summed E-state index contributed by atoms with van der Waals surface area (Å²) < 4.78 is 22.9. The molecule has 0 radical (unpaired) electrons. The first-order chi connectivity index (χ1) is 47.1. The maximum atomic E-state index is 13.0. The van der Waals surface area contributed by atoms with Gasteiger partial charge in [-0.3, -0.25) is 9.59 Å². The Labute approximate surface area is 593 Å².